The van der Waals surface area contributed by atoms with Crippen LogP contribution >= 0.6 is 0 Å². The maximum absolute atomic E-state index is 4.15. The summed E-state index contributed by atoms with van der Waals surface area (Å²) in [7, 11) is 0. The minimum atomic E-state index is 0.688. The summed E-state index contributed by atoms with van der Waals surface area (Å²) >= 11 is 0. The van der Waals surface area contributed by atoms with Gasteiger partial charge in [-0.05, 0) is 19.1 Å². The number of H-pyrrole nitrogens is 1. The molecule has 0 fully saturated rings. The highest BCUT2D eigenvalue weighted by atomic mass is 15.3. The fourth-order valence-electron chi connectivity index (χ4n) is 0.914. The van der Waals surface area contributed by atoms with E-state index in [1.165, 1.54) is 0 Å². The van der Waals surface area contributed by atoms with Crippen LogP contribution in [0.1, 0.15) is 5.82 Å². The Morgan fingerprint density at radius 1 is 1.36 bits per heavy atom. The van der Waals surface area contributed by atoms with Crippen LogP contribution in [0, 0.1) is 6.92 Å². The number of nitrogens with one attached hydrogen (secondary N) is 1. The molecule has 11 heavy (non-hydrogen) atoms. The lowest BCUT2D eigenvalue weighted by atomic mass is 10.7. The monoisotopic (exact) mass is 148 g/mol. The van der Waals surface area contributed by atoms with Crippen molar-refractivity contribution in [3.63, 3.8) is 0 Å². The van der Waals surface area contributed by atoms with Crippen LogP contribution < -0.4 is 0 Å². The molecule has 0 bridgehead atoms. The number of aryl methyl sites for hydroxylation is 1. The average molecular weight is 148 g/mol. The van der Waals surface area contributed by atoms with E-state index in [1.54, 1.807) is 0 Å². The SMILES string of the molecule is Cc1nc(-n2cccc2)n[nH]1. The number of hydrogen-bond donors (Lipinski definition) is 1. The minimum Gasteiger partial charge on any atom is -0.292 e. The number of rotatable bonds is 1. The fraction of sp³-hybridized carbons (Fsp3) is 0.143. The molecule has 56 valence electrons. The van der Waals surface area contributed by atoms with Crippen molar-refractivity contribution in [2.75, 3.05) is 0 Å². The molecule has 0 unspecified atom stereocenters. The van der Waals surface area contributed by atoms with Crippen molar-refractivity contribution in [1.29, 1.82) is 0 Å². The second-order valence-corrected chi connectivity index (χ2v) is 2.31. The molecule has 0 amide bonds. The third kappa shape index (κ3) is 1.02. The Hall–Kier alpha value is -1.58. The lowest BCUT2D eigenvalue weighted by molar-refractivity contribution is 0.941. The lowest BCUT2D eigenvalue weighted by Gasteiger charge is -1.90. The quantitative estimate of drug-likeness (QED) is 0.653. The maximum atomic E-state index is 4.15. The first-order valence-corrected chi connectivity index (χ1v) is 3.38. The Bertz CT molecular complexity index is 333. The van der Waals surface area contributed by atoms with Gasteiger partial charge in [-0.15, -0.1) is 5.10 Å². The summed E-state index contributed by atoms with van der Waals surface area (Å²) in [6, 6.07) is 3.87. The van der Waals surface area contributed by atoms with Crippen LogP contribution in [-0.4, -0.2) is 19.7 Å². The van der Waals surface area contributed by atoms with Gasteiger partial charge in [-0.1, -0.05) is 0 Å². The lowest BCUT2D eigenvalue weighted by Crippen LogP contribution is -1.91. The topological polar surface area (TPSA) is 46.5 Å². The van der Waals surface area contributed by atoms with Gasteiger partial charge >= 0.3 is 0 Å². The highest BCUT2D eigenvalue weighted by Crippen LogP contribution is 1.99. The molecule has 0 spiro atoms. The molecule has 0 aromatic carbocycles. The molecule has 2 aromatic heterocycles. The molecular formula is C7H8N4. The molecule has 2 aromatic rings. The van der Waals surface area contributed by atoms with Crippen molar-refractivity contribution in [3.05, 3.63) is 30.4 Å². The normalized spacial score (nSPS) is 10.3. The van der Waals surface area contributed by atoms with Crippen molar-refractivity contribution in [1.82, 2.24) is 19.7 Å². The fourth-order valence-corrected chi connectivity index (χ4v) is 0.914. The summed E-state index contributed by atoms with van der Waals surface area (Å²) in [5, 5.41) is 6.76. The van der Waals surface area contributed by atoms with E-state index in [0.29, 0.717) is 5.95 Å². The Balaban J connectivity index is 2.45. The zero-order valence-electron chi connectivity index (χ0n) is 6.15. The van der Waals surface area contributed by atoms with Crippen LogP contribution in [-0.2, 0) is 0 Å². The van der Waals surface area contributed by atoms with E-state index in [-0.39, 0.29) is 0 Å². The van der Waals surface area contributed by atoms with Crippen molar-refractivity contribution < 1.29 is 0 Å². The molecule has 0 radical (unpaired) electrons. The van der Waals surface area contributed by atoms with Crippen LogP contribution in [0.5, 0.6) is 0 Å². The molecule has 0 aliphatic carbocycles. The van der Waals surface area contributed by atoms with Crippen LogP contribution in [0.15, 0.2) is 24.5 Å². The smallest absolute Gasteiger partial charge is 0.252 e. The molecule has 4 heteroatoms. The molecule has 0 saturated heterocycles. The molecule has 0 atom stereocenters. The van der Waals surface area contributed by atoms with Gasteiger partial charge in [-0.25, -0.2) is 0 Å². The Labute approximate surface area is 63.9 Å². The third-order valence-electron chi connectivity index (χ3n) is 1.42. The van der Waals surface area contributed by atoms with Crippen LogP contribution in [0.2, 0.25) is 0 Å². The van der Waals surface area contributed by atoms with E-state index >= 15 is 0 Å². The molecule has 4 nitrogen and oxygen atoms in total. The first-order chi connectivity index (χ1) is 5.36. The molecule has 2 heterocycles. The molecule has 0 aliphatic rings. The highest BCUT2D eigenvalue weighted by Gasteiger charge is 1.98. The minimum absolute atomic E-state index is 0.688. The van der Waals surface area contributed by atoms with Gasteiger partial charge in [-0.3, -0.25) is 9.67 Å². The van der Waals surface area contributed by atoms with Gasteiger partial charge in [0, 0.05) is 12.4 Å². The number of aromatic amines is 1. The molecular weight excluding hydrogens is 140 g/mol. The Morgan fingerprint density at radius 2 is 2.09 bits per heavy atom. The predicted molar refractivity (Wildman–Crippen MR) is 40.4 cm³/mol. The van der Waals surface area contributed by atoms with E-state index in [4.69, 9.17) is 0 Å². The van der Waals surface area contributed by atoms with Crippen molar-refractivity contribution in [3.8, 4) is 5.95 Å². The Kier molecular flexibility index (Phi) is 1.25. The Morgan fingerprint density at radius 3 is 2.64 bits per heavy atom. The van der Waals surface area contributed by atoms with Gasteiger partial charge in [0.25, 0.3) is 5.95 Å². The number of nitrogens with zero attached hydrogens (tertiary/aromatic N) is 3. The van der Waals surface area contributed by atoms with Crippen molar-refractivity contribution >= 4 is 0 Å². The first-order valence-electron chi connectivity index (χ1n) is 3.38. The van der Waals surface area contributed by atoms with Gasteiger partial charge in [0.2, 0.25) is 0 Å². The van der Waals surface area contributed by atoms with Gasteiger partial charge < -0.3 is 0 Å². The summed E-state index contributed by atoms with van der Waals surface area (Å²) in [6.45, 7) is 1.88. The van der Waals surface area contributed by atoms with Gasteiger partial charge in [0.15, 0.2) is 0 Å². The molecule has 1 N–H and O–H groups in total. The molecule has 0 aliphatic heterocycles. The van der Waals surface area contributed by atoms with Crippen LogP contribution in [0.3, 0.4) is 0 Å². The number of aromatic nitrogens is 4. The van der Waals surface area contributed by atoms with Crippen LogP contribution in [0.4, 0.5) is 0 Å². The van der Waals surface area contributed by atoms with E-state index in [1.807, 2.05) is 36.0 Å². The summed E-state index contributed by atoms with van der Waals surface area (Å²) in [6.07, 6.45) is 3.81. The standard InChI is InChI=1S/C7H8N4/c1-6-8-7(10-9-6)11-4-2-3-5-11/h2-5H,1H3,(H,8,9,10). The van der Waals surface area contributed by atoms with Crippen LogP contribution in [0.25, 0.3) is 5.95 Å². The maximum Gasteiger partial charge on any atom is 0.252 e. The summed E-state index contributed by atoms with van der Waals surface area (Å²) in [5.74, 6) is 1.52. The van der Waals surface area contributed by atoms with Crippen molar-refractivity contribution in [2.24, 2.45) is 0 Å². The zero-order chi connectivity index (χ0) is 7.68. The van der Waals surface area contributed by atoms with Gasteiger partial charge in [-0.2, -0.15) is 4.98 Å². The second-order valence-electron chi connectivity index (χ2n) is 2.31. The number of hydrogen-bond acceptors (Lipinski definition) is 2. The van der Waals surface area contributed by atoms with Gasteiger partial charge in [0.1, 0.15) is 5.82 Å². The van der Waals surface area contributed by atoms with E-state index in [0.717, 1.165) is 5.82 Å². The second kappa shape index (κ2) is 2.23. The molecule has 0 saturated carbocycles. The highest BCUT2D eigenvalue weighted by molar-refractivity contribution is 5.12. The summed E-state index contributed by atoms with van der Waals surface area (Å²) in [4.78, 5) is 4.15. The van der Waals surface area contributed by atoms with E-state index < -0.39 is 0 Å². The van der Waals surface area contributed by atoms with E-state index in [9.17, 15) is 0 Å². The van der Waals surface area contributed by atoms with E-state index in [2.05, 4.69) is 15.2 Å². The molecule has 2 rings (SSSR count). The first kappa shape index (κ1) is 6.15. The third-order valence-corrected chi connectivity index (χ3v) is 1.42. The van der Waals surface area contributed by atoms with Crippen molar-refractivity contribution in [2.45, 2.75) is 6.92 Å². The summed E-state index contributed by atoms with van der Waals surface area (Å²) in [5.41, 5.74) is 0. The van der Waals surface area contributed by atoms with Gasteiger partial charge in [0.05, 0.1) is 0 Å². The largest absolute Gasteiger partial charge is 0.292 e. The summed E-state index contributed by atoms with van der Waals surface area (Å²) < 4.78 is 1.85. The average Bonchev–Trinajstić information content (AvgIpc) is 2.55. The predicted octanol–water partition coefficient (Wildman–Crippen LogP) is 0.904. The zero-order valence-corrected chi connectivity index (χ0v) is 6.15.